The van der Waals surface area contributed by atoms with E-state index in [1.807, 2.05) is 26.8 Å². The van der Waals surface area contributed by atoms with Crippen LogP contribution < -0.4 is 10.9 Å². The number of benzene rings is 1. The number of aromatic amines is 1. The minimum absolute atomic E-state index is 0.00358. The van der Waals surface area contributed by atoms with Gasteiger partial charge in [0.1, 0.15) is 17.1 Å². The number of hydrogen-bond acceptors (Lipinski definition) is 8. The van der Waals surface area contributed by atoms with E-state index < -0.39 is 46.2 Å². The molecule has 1 amide bonds. The van der Waals surface area contributed by atoms with Gasteiger partial charge in [-0.25, -0.2) is 9.18 Å². The molecule has 208 valence electrons. The van der Waals surface area contributed by atoms with Crippen molar-refractivity contribution < 1.29 is 23.4 Å². The van der Waals surface area contributed by atoms with Crippen molar-refractivity contribution in [3.63, 3.8) is 0 Å². The van der Waals surface area contributed by atoms with Crippen LogP contribution in [-0.2, 0) is 12.1 Å². The fourth-order valence-electron chi connectivity index (χ4n) is 5.43. The van der Waals surface area contributed by atoms with Crippen molar-refractivity contribution in [2.45, 2.75) is 62.3 Å². The Bertz CT molecular complexity index is 1560. The Morgan fingerprint density at radius 1 is 1.36 bits per heavy atom. The summed E-state index contributed by atoms with van der Waals surface area (Å²) in [5, 5.41) is 26.8. The third kappa shape index (κ3) is 4.31. The Labute approximate surface area is 225 Å². The lowest BCUT2D eigenvalue weighted by molar-refractivity contribution is 0.0170. The number of amides is 1. The Morgan fingerprint density at radius 2 is 2.10 bits per heavy atom. The van der Waals surface area contributed by atoms with Gasteiger partial charge in [-0.1, -0.05) is 0 Å². The van der Waals surface area contributed by atoms with Crippen molar-refractivity contribution in [2.75, 3.05) is 18.4 Å². The van der Waals surface area contributed by atoms with E-state index in [-0.39, 0.29) is 30.6 Å². The number of alkyl halides is 1. The van der Waals surface area contributed by atoms with Crippen LogP contribution in [0.15, 0.2) is 40.2 Å². The van der Waals surface area contributed by atoms with E-state index in [0.29, 0.717) is 28.2 Å². The minimum Gasteiger partial charge on any atom is -0.465 e. The number of halogens is 1. The highest BCUT2D eigenvalue weighted by molar-refractivity contribution is 8.22. The van der Waals surface area contributed by atoms with Gasteiger partial charge in [0.15, 0.2) is 5.82 Å². The maximum Gasteiger partial charge on any atom is 0.407 e. The van der Waals surface area contributed by atoms with E-state index in [2.05, 4.69) is 15.4 Å². The van der Waals surface area contributed by atoms with E-state index in [4.69, 9.17) is 0 Å². The first-order valence-corrected chi connectivity index (χ1v) is 13.9. The molecule has 39 heavy (non-hydrogen) atoms. The van der Waals surface area contributed by atoms with Crippen molar-refractivity contribution in [1.82, 2.24) is 24.0 Å². The number of likely N-dealkylation sites (tertiary alicyclic amines) is 1. The number of nitrogens with one attached hydrogen (secondary N) is 2. The van der Waals surface area contributed by atoms with Gasteiger partial charge in [-0.05, 0) is 57.0 Å². The lowest BCUT2D eigenvalue weighted by atomic mass is 9.83. The molecule has 0 spiro atoms. The summed E-state index contributed by atoms with van der Waals surface area (Å²) in [5.74, 6) is 0.134. The molecular weight excluding hydrogens is 529 g/mol. The molecule has 2 aliphatic rings. The fourth-order valence-corrected chi connectivity index (χ4v) is 7.48. The number of fused-ring (bicyclic) bond motifs is 2. The van der Waals surface area contributed by atoms with E-state index in [1.165, 1.54) is 10.9 Å². The topological polar surface area (TPSA) is 171 Å². The number of hydrogen-bond donors (Lipinski definition) is 5. The molecule has 0 bridgehead atoms. The summed E-state index contributed by atoms with van der Waals surface area (Å²) in [6, 6.07) is 8.62. The van der Waals surface area contributed by atoms with Gasteiger partial charge in [-0.15, -0.1) is 10.8 Å². The molecule has 2 aromatic heterocycles. The van der Waals surface area contributed by atoms with Crippen molar-refractivity contribution in [3.8, 4) is 6.07 Å². The van der Waals surface area contributed by atoms with Gasteiger partial charge >= 0.3 is 6.09 Å². The molecule has 2 unspecified atom stereocenters. The molecule has 12 nitrogen and oxygen atoms in total. The predicted molar refractivity (Wildman–Crippen MR) is 144 cm³/mol. The van der Waals surface area contributed by atoms with Crippen LogP contribution in [0, 0.1) is 11.3 Å². The standard InChI is InChI=1S/C25H30FN7O5S/c1-24(2,3)32-13-15-12-16(4-5-18(15)39(32,37)38)29-21-20-17(6-10-28-22(20)34)33(30-21)25(7-9-27)8-11-31(23(35)36)14-19(25)26/h4-6,10,12,19,37-38H,7-8,11,13-14H2,1-3H3,(H,28,34)(H,29,30)(H,35,36). The minimum atomic E-state index is -3.16. The van der Waals surface area contributed by atoms with Crippen molar-refractivity contribution >= 4 is 39.3 Å². The van der Waals surface area contributed by atoms with Gasteiger partial charge in [-0.3, -0.25) is 18.6 Å². The number of H-pyrrole nitrogens is 1. The summed E-state index contributed by atoms with van der Waals surface area (Å²) in [6.07, 6.45) is -1.86. The lowest BCUT2D eigenvalue weighted by Crippen LogP contribution is -2.56. The van der Waals surface area contributed by atoms with Crippen LogP contribution in [-0.4, -0.2) is 69.1 Å². The predicted octanol–water partition coefficient (Wildman–Crippen LogP) is 4.44. The third-order valence-electron chi connectivity index (χ3n) is 7.45. The van der Waals surface area contributed by atoms with Crippen LogP contribution in [0.1, 0.15) is 39.2 Å². The van der Waals surface area contributed by atoms with Gasteiger partial charge in [0.2, 0.25) is 0 Å². The van der Waals surface area contributed by atoms with Crippen LogP contribution in [0.3, 0.4) is 0 Å². The second-order valence-electron chi connectivity index (χ2n) is 10.9. The van der Waals surface area contributed by atoms with Gasteiger partial charge in [0.25, 0.3) is 5.56 Å². The SMILES string of the molecule is CC(C)(C)N1Cc2cc(Nc3nn(C4(CC#N)CCN(C(=O)O)CC4F)c4cc[nH]c(=O)c34)ccc2S1(O)O. The first kappa shape index (κ1) is 26.9. The summed E-state index contributed by atoms with van der Waals surface area (Å²) in [5.41, 5.74) is -0.908. The molecule has 1 fully saturated rings. The average molecular weight is 560 g/mol. The van der Waals surface area contributed by atoms with Crippen LogP contribution in [0.25, 0.3) is 10.9 Å². The number of piperidine rings is 1. The monoisotopic (exact) mass is 559 g/mol. The number of carboxylic acid groups (broad SMARTS) is 1. The quantitative estimate of drug-likeness (QED) is 0.310. The molecule has 2 aliphatic heterocycles. The van der Waals surface area contributed by atoms with E-state index in [9.17, 15) is 29.1 Å². The zero-order valence-electron chi connectivity index (χ0n) is 21.7. The normalized spacial score (nSPS) is 23.8. The molecule has 14 heteroatoms. The molecule has 0 aliphatic carbocycles. The van der Waals surface area contributed by atoms with Crippen molar-refractivity contribution in [1.29, 1.82) is 5.26 Å². The maximum atomic E-state index is 15.7. The lowest BCUT2D eigenvalue weighted by Gasteiger charge is -2.44. The second-order valence-corrected chi connectivity index (χ2v) is 12.8. The Kier molecular flexibility index (Phi) is 6.38. The number of pyridine rings is 1. The van der Waals surface area contributed by atoms with Crippen LogP contribution >= 0.6 is 10.8 Å². The first-order chi connectivity index (χ1) is 18.3. The number of aromatic nitrogens is 3. The average Bonchev–Trinajstić information content (AvgIpc) is 3.36. The number of nitriles is 1. The second kappa shape index (κ2) is 9.23. The van der Waals surface area contributed by atoms with E-state index in [1.54, 1.807) is 28.6 Å². The molecule has 1 saturated heterocycles. The molecule has 4 heterocycles. The maximum absolute atomic E-state index is 15.7. The number of rotatable bonds is 4. The van der Waals surface area contributed by atoms with Gasteiger partial charge in [-0.2, -0.15) is 14.7 Å². The van der Waals surface area contributed by atoms with E-state index in [0.717, 1.165) is 4.90 Å². The molecule has 1 aromatic carbocycles. The third-order valence-corrected chi connectivity index (χ3v) is 9.73. The molecule has 5 N–H and O–H groups in total. The largest absolute Gasteiger partial charge is 0.465 e. The Hall–Kier alpha value is -3.64. The summed E-state index contributed by atoms with van der Waals surface area (Å²) >= 11 is 0. The van der Waals surface area contributed by atoms with Gasteiger partial charge in [0, 0.05) is 30.5 Å². The number of carbonyl (C=O) groups is 1. The zero-order chi connectivity index (χ0) is 28.3. The molecule has 0 radical (unpaired) electrons. The molecular formula is C25H30FN7O5S. The summed E-state index contributed by atoms with van der Waals surface area (Å²) in [7, 11) is -3.16. The van der Waals surface area contributed by atoms with Crippen molar-refractivity contribution in [2.24, 2.45) is 0 Å². The fraction of sp³-hybridized carbons (Fsp3) is 0.440. The summed E-state index contributed by atoms with van der Waals surface area (Å²) in [4.78, 5) is 28.4. The highest BCUT2D eigenvalue weighted by Gasteiger charge is 2.48. The highest BCUT2D eigenvalue weighted by Crippen LogP contribution is 2.61. The summed E-state index contributed by atoms with van der Waals surface area (Å²) in [6.45, 7) is 5.58. The summed E-state index contributed by atoms with van der Waals surface area (Å²) < 4.78 is 40.5. The molecule has 5 rings (SSSR count). The van der Waals surface area contributed by atoms with E-state index >= 15 is 4.39 Å². The molecule has 0 saturated carbocycles. The molecule has 3 aromatic rings. The highest BCUT2D eigenvalue weighted by atomic mass is 32.3. The number of nitrogens with zero attached hydrogens (tertiary/aromatic N) is 5. The molecule has 2 atom stereocenters. The zero-order valence-corrected chi connectivity index (χ0v) is 22.5. The van der Waals surface area contributed by atoms with Crippen LogP contribution in [0.5, 0.6) is 0 Å². The Balaban J connectivity index is 1.57. The van der Waals surface area contributed by atoms with Gasteiger partial charge < -0.3 is 20.3 Å². The number of anilines is 2. The van der Waals surface area contributed by atoms with Gasteiger partial charge in [0.05, 0.1) is 29.4 Å². The van der Waals surface area contributed by atoms with Crippen LogP contribution in [0.2, 0.25) is 0 Å². The van der Waals surface area contributed by atoms with Crippen molar-refractivity contribution in [3.05, 3.63) is 46.4 Å². The smallest absolute Gasteiger partial charge is 0.407 e. The first-order valence-electron chi connectivity index (χ1n) is 12.4. The Morgan fingerprint density at radius 3 is 2.74 bits per heavy atom. The van der Waals surface area contributed by atoms with Crippen LogP contribution in [0.4, 0.5) is 20.7 Å².